The molecule has 6 heavy (non-hydrogen) atoms. The van der Waals surface area contributed by atoms with Crippen molar-refractivity contribution >= 4 is 67.5 Å². The molecular weight excluding hydrogens is 341 g/mol. The second-order valence-electron chi connectivity index (χ2n) is 0. The summed E-state index contributed by atoms with van der Waals surface area (Å²) in [5.74, 6) is 0. The van der Waals surface area contributed by atoms with Crippen LogP contribution >= 0.6 is 67.5 Å². The molecule has 0 aliphatic heterocycles. The minimum Gasteiger partial charge on any atom is -0.197 e. The van der Waals surface area contributed by atoms with E-state index in [0.29, 0.717) is 0 Å². The van der Waals surface area contributed by atoms with Crippen molar-refractivity contribution in [2.45, 2.75) is 0 Å². The van der Waals surface area contributed by atoms with Crippen molar-refractivity contribution < 1.29 is 22.4 Å². The van der Waals surface area contributed by atoms with Gasteiger partial charge in [0.15, 0.2) is 0 Å². The molecule has 0 amide bonds. The van der Waals surface area contributed by atoms with Gasteiger partial charge in [0.1, 0.15) is 0 Å². The molecule has 0 aromatic rings. The number of hydrogen-bond donors (Lipinski definition) is 0. The third-order valence-electron chi connectivity index (χ3n) is 0. The fraction of sp³-hybridized carbons (Fsp3) is 0. The molecule has 0 fully saturated rings. The summed E-state index contributed by atoms with van der Waals surface area (Å²) in [7, 11) is 0. The van der Waals surface area contributed by atoms with E-state index in [-0.39, 0.29) is 89.9 Å². The Labute approximate surface area is 89.0 Å². The van der Waals surface area contributed by atoms with Crippen LogP contribution in [0, 0.1) is 0 Å². The average Bonchev–Trinajstić information content (AvgIpc) is 0. The van der Waals surface area contributed by atoms with Crippen LogP contribution < -0.4 is 0 Å². The molecule has 0 nitrogen and oxygen atoms in total. The molecule has 0 aromatic heterocycles. The standard InChI is InChI=1S/5H2S.Ta/h5*1H2;. The van der Waals surface area contributed by atoms with Crippen molar-refractivity contribution in [1.29, 1.82) is 0 Å². The Morgan fingerprint density at radius 2 is 0.333 bits per heavy atom. The summed E-state index contributed by atoms with van der Waals surface area (Å²) in [6.07, 6.45) is 0. The molecule has 0 aliphatic carbocycles. The second-order valence-corrected chi connectivity index (χ2v) is 0. The van der Waals surface area contributed by atoms with Crippen LogP contribution in [0.4, 0.5) is 0 Å². The predicted molar refractivity (Wildman–Crippen MR) is 51.9 cm³/mol. The van der Waals surface area contributed by atoms with Crippen molar-refractivity contribution in [2.24, 2.45) is 0 Å². The fourth-order valence-corrected chi connectivity index (χ4v) is 0. The molecule has 0 aliphatic rings. The van der Waals surface area contributed by atoms with E-state index in [0.717, 1.165) is 0 Å². The molecule has 0 unspecified atom stereocenters. The van der Waals surface area contributed by atoms with Gasteiger partial charge in [-0.2, -0.15) is 67.5 Å². The first-order chi connectivity index (χ1) is 0. The van der Waals surface area contributed by atoms with Gasteiger partial charge in [0.2, 0.25) is 0 Å². The minimum absolute atomic E-state index is 0. The molecule has 0 saturated heterocycles. The molecule has 1 radical (unpaired) electrons. The van der Waals surface area contributed by atoms with Crippen molar-refractivity contribution in [2.75, 3.05) is 0 Å². The van der Waals surface area contributed by atoms with Crippen molar-refractivity contribution in [3.05, 3.63) is 0 Å². The number of hydrogen-bond acceptors (Lipinski definition) is 0. The summed E-state index contributed by atoms with van der Waals surface area (Å²) in [6, 6.07) is 0. The first kappa shape index (κ1) is 76.8. The van der Waals surface area contributed by atoms with E-state index in [4.69, 9.17) is 0 Å². The summed E-state index contributed by atoms with van der Waals surface area (Å²) in [6.45, 7) is 0. The molecular formula is H10S5Ta. The number of rotatable bonds is 0. The summed E-state index contributed by atoms with van der Waals surface area (Å²) in [5.41, 5.74) is 0. The monoisotopic (exact) mass is 351 g/mol. The van der Waals surface area contributed by atoms with E-state index < -0.39 is 0 Å². The molecule has 0 saturated carbocycles. The molecule has 0 atom stereocenters. The smallest absolute Gasteiger partial charge is 0 e. The van der Waals surface area contributed by atoms with Gasteiger partial charge in [-0.15, -0.1) is 0 Å². The summed E-state index contributed by atoms with van der Waals surface area (Å²) < 4.78 is 0. The topological polar surface area (TPSA) is 0 Å². The zero-order valence-corrected chi connectivity index (χ0v) is 11.2. The Bertz CT molecular complexity index is 3.90. The van der Waals surface area contributed by atoms with Crippen molar-refractivity contribution in [3.8, 4) is 0 Å². The van der Waals surface area contributed by atoms with E-state index >= 15 is 0 Å². The van der Waals surface area contributed by atoms with Gasteiger partial charge < -0.3 is 0 Å². The van der Waals surface area contributed by atoms with E-state index in [1.54, 1.807) is 0 Å². The zero-order chi connectivity index (χ0) is 0. The van der Waals surface area contributed by atoms with Gasteiger partial charge in [-0.3, -0.25) is 0 Å². The van der Waals surface area contributed by atoms with Crippen LogP contribution in [-0.2, 0) is 22.4 Å². The van der Waals surface area contributed by atoms with E-state index in [1.165, 1.54) is 0 Å². The summed E-state index contributed by atoms with van der Waals surface area (Å²) in [4.78, 5) is 0. The quantitative estimate of drug-likeness (QED) is 0.598. The largest absolute Gasteiger partial charge is 0.197 e. The Morgan fingerprint density at radius 3 is 0.333 bits per heavy atom. The molecule has 0 N–H and O–H groups in total. The minimum atomic E-state index is 0. The van der Waals surface area contributed by atoms with Crippen molar-refractivity contribution in [3.63, 3.8) is 0 Å². The van der Waals surface area contributed by atoms with E-state index in [2.05, 4.69) is 0 Å². The zero-order valence-electron chi connectivity index (χ0n) is 2.95. The Balaban J connectivity index is 0. The van der Waals surface area contributed by atoms with Gasteiger partial charge in [0.25, 0.3) is 0 Å². The summed E-state index contributed by atoms with van der Waals surface area (Å²) in [5, 5.41) is 0. The molecule has 0 spiro atoms. The van der Waals surface area contributed by atoms with Crippen LogP contribution in [-0.4, -0.2) is 0 Å². The maximum atomic E-state index is 0. The molecule has 0 heterocycles. The van der Waals surface area contributed by atoms with Crippen LogP contribution in [0.25, 0.3) is 0 Å². The van der Waals surface area contributed by atoms with Crippen LogP contribution in [0.5, 0.6) is 0 Å². The molecule has 0 bridgehead atoms. The normalized spacial score (nSPS) is 0. The van der Waals surface area contributed by atoms with Gasteiger partial charge in [0, 0.05) is 22.4 Å². The Morgan fingerprint density at radius 1 is 0.333 bits per heavy atom. The molecule has 45 valence electrons. The van der Waals surface area contributed by atoms with Gasteiger partial charge in [-0.05, 0) is 0 Å². The van der Waals surface area contributed by atoms with E-state index in [1.807, 2.05) is 0 Å². The second kappa shape index (κ2) is 50.9. The Kier molecular flexibility index (Phi) is 651. The first-order valence-corrected chi connectivity index (χ1v) is 0. The van der Waals surface area contributed by atoms with Gasteiger partial charge >= 0.3 is 0 Å². The third kappa shape index (κ3) is 31.5. The van der Waals surface area contributed by atoms with Crippen LogP contribution in [0.15, 0.2) is 0 Å². The van der Waals surface area contributed by atoms with Crippen LogP contribution in [0.2, 0.25) is 0 Å². The van der Waals surface area contributed by atoms with Crippen molar-refractivity contribution in [1.82, 2.24) is 0 Å². The van der Waals surface area contributed by atoms with E-state index in [9.17, 15) is 0 Å². The third-order valence-corrected chi connectivity index (χ3v) is 0. The van der Waals surface area contributed by atoms with Crippen LogP contribution in [0.3, 0.4) is 0 Å². The predicted octanol–water partition coefficient (Wildman–Crippen LogP) is 0.561. The SMILES string of the molecule is S.S.S.S.S.[Ta]. The maximum absolute atomic E-state index is 0. The van der Waals surface area contributed by atoms with Gasteiger partial charge in [-0.25, -0.2) is 0 Å². The van der Waals surface area contributed by atoms with Gasteiger partial charge in [0.05, 0.1) is 0 Å². The Hall–Kier alpha value is 2.49. The first-order valence-electron chi connectivity index (χ1n) is 0. The summed E-state index contributed by atoms with van der Waals surface area (Å²) >= 11 is 0. The fourth-order valence-electron chi connectivity index (χ4n) is 0. The molecule has 0 rings (SSSR count). The van der Waals surface area contributed by atoms with Crippen LogP contribution in [0.1, 0.15) is 0 Å². The van der Waals surface area contributed by atoms with Gasteiger partial charge in [-0.1, -0.05) is 0 Å². The maximum Gasteiger partial charge on any atom is 0 e. The molecule has 0 aromatic carbocycles. The average molecular weight is 351 g/mol. The molecule has 6 heteroatoms.